The molecule has 0 atom stereocenters. The summed E-state index contributed by atoms with van der Waals surface area (Å²) >= 11 is 7.36. The van der Waals surface area contributed by atoms with Crippen LogP contribution >= 0.6 is 22.9 Å². The summed E-state index contributed by atoms with van der Waals surface area (Å²) in [5, 5.41) is 2.23. The lowest BCUT2D eigenvalue weighted by atomic mass is 10.1. The fraction of sp³-hybridized carbons (Fsp3) is 0.167. The molecule has 0 fully saturated rings. The smallest absolute Gasteiger partial charge is 0.141 e. The van der Waals surface area contributed by atoms with Crippen LogP contribution in [0.3, 0.4) is 0 Å². The van der Waals surface area contributed by atoms with Crippen LogP contribution in [0.15, 0.2) is 29.6 Å². The van der Waals surface area contributed by atoms with E-state index in [4.69, 9.17) is 17.3 Å². The molecule has 2 N–H and O–H groups in total. The largest absolute Gasteiger partial charge is 0.330 e. The van der Waals surface area contributed by atoms with Gasteiger partial charge in [0.2, 0.25) is 0 Å². The maximum atomic E-state index is 13.0. The third kappa shape index (κ3) is 2.43. The van der Waals surface area contributed by atoms with Crippen LogP contribution in [-0.4, -0.2) is 6.54 Å². The maximum absolute atomic E-state index is 13.0. The molecule has 4 heteroatoms. The van der Waals surface area contributed by atoms with Crippen LogP contribution in [0.25, 0.3) is 10.4 Å². The number of thiophene rings is 1. The highest BCUT2D eigenvalue weighted by molar-refractivity contribution is 7.13. The minimum absolute atomic E-state index is 0.159. The average molecular weight is 256 g/mol. The number of halogens is 2. The molecule has 84 valence electrons. The molecule has 16 heavy (non-hydrogen) atoms. The molecule has 0 spiro atoms. The second kappa shape index (κ2) is 4.95. The quantitative estimate of drug-likeness (QED) is 0.889. The summed E-state index contributed by atoms with van der Waals surface area (Å²) in [6.07, 6.45) is 0.866. The monoisotopic (exact) mass is 255 g/mol. The van der Waals surface area contributed by atoms with Crippen molar-refractivity contribution in [3.8, 4) is 10.4 Å². The summed E-state index contributed by atoms with van der Waals surface area (Å²) in [6.45, 7) is 0.639. The van der Waals surface area contributed by atoms with Crippen molar-refractivity contribution >= 4 is 22.9 Å². The molecule has 0 aliphatic heterocycles. The Kier molecular flexibility index (Phi) is 3.59. The molecule has 0 saturated heterocycles. The summed E-state index contributed by atoms with van der Waals surface area (Å²) in [6, 6.07) is 6.84. The van der Waals surface area contributed by atoms with E-state index in [-0.39, 0.29) is 10.8 Å². The van der Waals surface area contributed by atoms with Gasteiger partial charge in [0, 0.05) is 4.88 Å². The molecule has 1 aromatic heterocycles. The third-order valence-corrected chi connectivity index (χ3v) is 3.61. The van der Waals surface area contributed by atoms with E-state index in [9.17, 15) is 4.39 Å². The van der Waals surface area contributed by atoms with Crippen LogP contribution in [0.4, 0.5) is 4.39 Å². The molecule has 1 nitrogen and oxygen atoms in total. The van der Waals surface area contributed by atoms with Crippen molar-refractivity contribution in [1.29, 1.82) is 0 Å². The van der Waals surface area contributed by atoms with Crippen molar-refractivity contribution in [3.05, 3.63) is 46.0 Å². The van der Waals surface area contributed by atoms with Gasteiger partial charge in [0.15, 0.2) is 0 Å². The van der Waals surface area contributed by atoms with Crippen molar-refractivity contribution in [2.45, 2.75) is 6.42 Å². The Balaban J connectivity index is 2.31. The molecule has 0 amide bonds. The maximum Gasteiger partial charge on any atom is 0.141 e. The van der Waals surface area contributed by atoms with Gasteiger partial charge in [0.05, 0.1) is 5.02 Å². The van der Waals surface area contributed by atoms with Crippen LogP contribution in [0.5, 0.6) is 0 Å². The molecular weight excluding hydrogens is 245 g/mol. The Hall–Kier alpha value is -0.900. The summed E-state index contributed by atoms with van der Waals surface area (Å²) in [5.41, 5.74) is 7.64. The van der Waals surface area contributed by atoms with Gasteiger partial charge < -0.3 is 5.73 Å². The van der Waals surface area contributed by atoms with Gasteiger partial charge >= 0.3 is 0 Å². The number of hydrogen-bond donors (Lipinski definition) is 1. The number of benzene rings is 1. The highest BCUT2D eigenvalue weighted by Crippen LogP contribution is 2.30. The second-order valence-electron chi connectivity index (χ2n) is 3.49. The first-order chi connectivity index (χ1) is 7.70. The first-order valence-corrected chi connectivity index (χ1v) is 6.19. The zero-order chi connectivity index (χ0) is 11.5. The first-order valence-electron chi connectivity index (χ1n) is 4.93. The number of hydrogen-bond acceptors (Lipinski definition) is 2. The van der Waals surface area contributed by atoms with Crippen LogP contribution in [0.2, 0.25) is 5.02 Å². The Morgan fingerprint density at radius 3 is 2.81 bits per heavy atom. The van der Waals surface area contributed by atoms with Gasteiger partial charge in [-0.15, -0.1) is 11.3 Å². The molecule has 0 saturated carbocycles. The SMILES string of the molecule is NCCc1csc(-c2ccc(F)c(Cl)c2)c1. The molecule has 2 rings (SSSR count). The predicted octanol–water partition coefficient (Wildman–Crippen LogP) is 3.71. The normalized spacial score (nSPS) is 10.7. The van der Waals surface area contributed by atoms with Crippen LogP contribution < -0.4 is 5.73 Å². The summed E-state index contributed by atoms with van der Waals surface area (Å²) < 4.78 is 13.0. The highest BCUT2D eigenvalue weighted by Gasteiger charge is 2.05. The zero-order valence-electron chi connectivity index (χ0n) is 8.54. The number of rotatable bonds is 3. The van der Waals surface area contributed by atoms with Gasteiger partial charge in [0.25, 0.3) is 0 Å². The molecular formula is C12H11ClFNS. The lowest BCUT2D eigenvalue weighted by molar-refractivity contribution is 0.628. The fourth-order valence-electron chi connectivity index (χ4n) is 1.47. The van der Waals surface area contributed by atoms with E-state index in [1.165, 1.54) is 11.6 Å². The Morgan fingerprint density at radius 1 is 1.31 bits per heavy atom. The third-order valence-electron chi connectivity index (χ3n) is 2.29. The van der Waals surface area contributed by atoms with E-state index in [1.54, 1.807) is 23.5 Å². The molecule has 0 bridgehead atoms. The van der Waals surface area contributed by atoms with Crippen molar-refractivity contribution in [1.82, 2.24) is 0 Å². The van der Waals surface area contributed by atoms with E-state index in [0.717, 1.165) is 16.9 Å². The van der Waals surface area contributed by atoms with Crippen molar-refractivity contribution in [3.63, 3.8) is 0 Å². The van der Waals surface area contributed by atoms with Gasteiger partial charge in [-0.05, 0) is 47.7 Å². The second-order valence-corrected chi connectivity index (χ2v) is 4.81. The minimum atomic E-state index is -0.385. The van der Waals surface area contributed by atoms with Crippen LogP contribution in [0.1, 0.15) is 5.56 Å². The lowest BCUT2D eigenvalue weighted by Crippen LogP contribution is -2.01. The molecule has 0 aliphatic rings. The summed E-state index contributed by atoms with van der Waals surface area (Å²) in [4.78, 5) is 1.09. The fourth-order valence-corrected chi connectivity index (χ4v) is 2.60. The highest BCUT2D eigenvalue weighted by atomic mass is 35.5. The van der Waals surface area contributed by atoms with Gasteiger partial charge in [-0.1, -0.05) is 17.7 Å². The molecule has 0 aliphatic carbocycles. The molecule has 2 aromatic rings. The molecule has 1 heterocycles. The van der Waals surface area contributed by atoms with Crippen LogP contribution in [-0.2, 0) is 6.42 Å². The summed E-state index contributed by atoms with van der Waals surface area (Å²) in [5.74, 6) is -0.385. The standard InChI is InChI=1S/C12H11ClFNS/c13-10-6-9(1-2-11(10)14)12-5-8(3-4-15)7-16-12/h1-2,5-7H,3-4,15H2. The topological polar surface area (TPSA) is 26.0 Å². The average Bonchev–Trinajstić information content (AvgIpc) is 2.71. The van der Waals surface area contributed by atoms with E-state index < -0.39 is 0 Å². The van der Waals surface area contributed by atoms with Crippen molar-refractivity contribution in [2.24, 2.45) is 5.73 Å². The summed E-state index contributed by atoms with van der Waals surface area (Å²) in [7, 11) is 0. The molecule has 0 radical (unpaired) electrons. The minimum Gasteiger partial charge on any atom is -0.330 e. The lowest BCUT2D eigenvalue weighted by Gasteiger charge is -1.99. The van der Waals surface area contributed by atoms with E-state index in [2.05, 4.69) is 11.4 Å². The van der Waals surface area contributed by atoms with Gasteiger partial charge in [-0.25, -0.2) is 4.39 Å². The van der Waals surface area contributed by atoms with E-state index in [1.807, 2.05) is 0 Å². The zero-order valence-corrected chi connectivity index (χ0v) is 10.1. The Bertz CT molecular complexity index is 496. The van der Waals surface area contributed by atoms with Crippen molar-refractivity contribution in [2.75, 3.05) is 6.54 Å². The predicted molar refractivity (Wildman–Crippen MR) is 67.5 cm³/mol. The molecule has 1 aromatic carbocycles. The van der Waals surface area contributed by atoms with E-state index in [0.29, 0.717) is 6.54 Å². The Labute approximate surface area is 103 Å². The first kappa shape index (κ1) is 11.6. The van der Waals surface area contributed by atoms with Gasteiger partial charge in [-0.3, -0.25) is 0 Å². The number of nitrogens with two attached hydrogens (primary N) is 1. The van der Waals surface area contributed by atoms with Crippen LogP contribution in [0, 0.1) is 5.82 Å². The van der Waals surface area contributed by atoms with Gasteiger partial charge in [0.1, 0.15) is 5.82 Å². The van der Waals surface area contributed by atoms with Gasteiger partial charge in [-0.2, -0.15) is 0 Å². The molecule has 0 unspecified atom stereocenters. The van der Waals surface area contributed by atoms with E-state index >= 15 is 0 Å². The van der Waals surface area contributed by atoms with Crippen molar-refractivity contribution < 1.29 is 4.39 Å². The Morgan fingerprint density at radius 2 is 2.12 bits per heavy atom.